The summed E-state index contributed by atoms with van der Waals surface area (Å²) in [5.74, 6) is 0.665. The van der Waals surface area contributed by atoms with Gasteiger partial charge in [0.15, 0.2) is 18.1 Å². The summed E-state index contributed by atoms with van der Waals surface area (Å²) in [4.78, 5) is 29.6. The number of carbonyl (C=O) groups excluding carboxylic acids is 2. The summed E-state index contributed by atoms with van der Waals surface area (Å²) in [6, 6.07) is 8.21. The Hall–Kier alpha value is -4.25. The van der Waals surface area contributed by atoms with E-state index < -0.39 is 5.82 Å². The fourth-order valence-corrected chi connectivity index (χ4v) is 7.31. The number of anilines is 1. The zero-order chi connectivity index (χ0) is 34.8. The van der Waals surface area contributed by atoms with Crippen molar-refractivity contribution < 1.29 is 23.3 Å². The number of rotatable bonds is 17. The molecule has 3 heterocycles. The van der Waals surface area contributed by atoms with E-state index in [0.29, 0.717) is 23.9 Å². The third-order valence-corrected chi connectivity index (χ3v) is 10.2. The minimum absolute atomic E-state index is 0.0648. The van der Waals surface area contributed by atoms with Crippen LogP contribution in [-0.4, -0.2) is 53.5 Å². The van der Waals surface area contributed by atoms with Crippen LogP contribution in [0.25, 0.3) is 15.9 Å². The molecule has 11 heteroatoms. The van der Waals surface area contributed by atoms with E-state index in [1.165, 1.54) is 17.7 Å². The first-order chi connectivity index (χ1) is 23.8. The van der Waals surface area contributed by atoms with Gasteiger partial charge >= 0.3 is 12.1 Å². The maximum Gasteiger partial charge on any atom is 0.319 e. The van der Waals surface area contributed by atoms with Crippen molar-refractivity contribution in [2.75, 3.05) is 18.4 Å². The molecule has 5 rings (SSSR count). The van der Waals surface area contributed by atoms with Crippen LogP contribution >= 0.6 is 11.3 Å². The molecule has 0 bridgehead atoms. The van der Waals surface area contributed by atoms with Gasteiger partial charge in [0.05, 0.1) is 10.2 Å². The van der Waals surface area contributed by atoms with E-state index in [4.69, 9.17) is 4.74 Å². The highest BCUT2D eigenvalue weighted by Gasteiger charge is 2.25. The van der Waals surface area contributed by atoms with Crippen LogP contribution in [-0.2, 0) is 0 Å². The standard InChI is InChI=1S/C38H49FN6O3S/c1-5-9-27(42-37(46)40-7-3)11-8-10-25(6-2)12-13-26-14-18-32(45(4)24-26)35-23-31-36(49-35)34(20-21-41-31)48-33-19-17-29(22-30(33)39)44-38(47)43-28-15-16-28/h14,17-23,25,27-28H,4-13,15-16,24H2,1-3H3,(H3-,40,42,43,44,46,47)/p+1. The normalized spacial score (nSPS) is 15.6. The molecule has 2 aliphatic rings. The molecular weight excluding hydrogens is 640 g/mol. The lowest BCUT2D eigenvalue weighted by Crippen LogP contribution is -2.42. The number of halogens is 1. The van der Waals surface area contributed by atoms with Crippen LogP contribution in [0.2, 0.25) is 0 Å². The minimum Gasteiger partial charge on any atom is -0.453 e. The van der Waals surface area contributed by atoms with Crippen molar-refractivity contribution in [2.24, 2.45) is 5.92 Å². The highest BCUT2D eigenvalue weighted by atomic mass is 32.1. The third-order valence-electron chi connectivity index (χ3n) is 9.09. The van der Waals surface area contributed by atoms with E-state index >= 15 is 4.39 Å². The molecule has 3 aromatic rings. The lowest BCUT2D eigenvalue weighted by molar-refractivity contribution is -0.413. The Morgan fingerprint density at radius 3 is 2.61 bits per heavy atom. The molecule has 262 valence electrons. The summed E-state index contributed by atoms with van der Waals surface area (Å²) in [7, 11) is 0. The number of amides is 4. The van der Waals surface area contributed by atoms with Gasteiger partial charge in [0.25, 0.3) is 0 Å². The predicted molar refractivity (Wildman–Crippen MR) is 197 cm³/mol. The number of nitrogens with one attached hydrogen (secondary N) is 4. The number of allylic oxidation sites excluding steroid dienone is 2. The van der Waals surface area contributed by atoms with Crippen LogP contribution in [0.4, 0.5) is 19.7 Å². The predicted octanol–water partition coefficient (Wildman–Crippen LogP) is 8.97. The Kier molecular flexibility index (Phi) is 12.8. The summed E-state index contributed by atoms with van der Waals surface area (Å²) >= 11 is 1.54. The second-order valence-electron chi connectivity index (χ2n) is 13.1. The van der Waals surface area contributed by atoms with Gasteiger partial charge in [-0.3, -0.25) is 4.98 Å². The number of hydrogen-bond acceptors (Lipinski definition) is 5. The van der Waals surface area contributed by atoms with Crippen molar-refractivity contribution >= 4 is 51.7 Å². The Bertz CT molecular complexity index is 1700. The monoisotopic (exact) mass is 689 g/mol. The van der Waals surface area contributed by atoms with Crippen molar-refractivity contribution in [3.05, 3.63) is 64.9 Å². The van der Waals surface area contributed by atoms with Crippen LogP contribution in [0, 0.1) is 11.7 Å². The largest absolute Gasteiger partial charge is 0.453 e. The number of carbonyl (C=O) groups is 2. The van der Waals surface area contributed by atoms with Gasteiger partial charge in [-0.15, -0.1) is 11.3 Å². The van der Waals surface area contributed by atoms with Crippen LogP contribution in [0.3, 0.4) is 0 Å². The molecule has 0 radical (unpaired) electrons. The fraction of sp³-hybridized carbons (Fsp3) is 0.474. The molecule has 49 heavy (non-hydrogen) atoms. The molecule has 1 aromatic carbocycles. The van der Waals surface area contributed by atoms with Gasteiger partial charge in [0.2, 0.25) is 5.70 Å². The van der Waals surface area contributed by atoms with E-state index in [1.54, 1.807) is 29.7 Å². The van der Waals surface area contributed by atoms with Crippen LogP contribution in [0.5, 0.6) is 11.5 Å². The molecule has 9 nitrogen and oxygen atoms in total. The quantitative estimate of drug-likeness (QED) is 0.106. The SMILES string of the molecule is C=[N+]1CC(CCC(CC)CCCC(CCC)NC(=O)NCC)=CC=C1c1cc2nccc(Oc3ccc(NC(=O)NC4CC4)cc3F)c2s1. The number of benzene rings is 1. The third kappa shape index (κ3) is 10.4. The number of thiophene rings is 1. The molecule has 4 amide bonds. The number of urea groups is 2. The number of aromatic nitrogens is 1. The summed E-state index contributed by atoms with van der Waals surface area (Å²) in [5.41, 5.74) is 3.50. The van der Waals surface area contributed by atoms with E-state index in [-0.39, 0.29) is 29.9 Å². The van der Waals surface area contributed by atoms with Crippen molar-refractivity contribution in [3.63, 3.8) is 0 Å². The molecule has 0 saturated heterocycles. The van der Waals surface area contributed by atoms with Crippen LogP contribution in [0.15, 0.2) is 54.3 Å². The first kappa shape index (κ1) is 36.0. The Labute approximate surface area is 293 Å². The number of fused-ring (bicyclic) bond motifs is 1. The lowest BCUT2D eigenvalue weighted by atomic mass is 9.90. The highest BCUT2D eigenvalue weighted by molar-refractivity contribution is 7.20. The van der Waals surface area contributed by atoms with Crippen molar-refractivity contribution in [1.29, 1.82) is 0 Å². The number of pyridine rings is 1. The Balaban J connectivity index is 1.17. The van der Waals surface area contributed by atoms with Crippen molar-refractivity contribution in [1.82, 2.24) is 20.9 Å². The topological polar surface area (TPSA) is 107 Å². The van der Waals surface area contributed by atoms with Crippen LogP contribution in [0.1, 0.15) is 89.9 Å². The molecule has 2 aromatic heterocycles. The average Bonchev–Trinajstić information content (AvgIpc) is 3.77. The average molecular weight is 690 g/mol. The van der Waals surface area contributed by atoms with Gasteiger partial charge in [-0.05, 0) is 75.1 Å². The maximum absolute atomic E-state index is 15.0. The van der Waals surface area contributed by atoms with E-state index in [9.17, 15) is 9.59 Å². The summed E-state index contributed by atoms with van der Waals surface area (Å²) < 4.78 is 23.9. The van der Waals surface area contributed by atoms with E-state index in [1.807, 2.05) is 17.6 Å². The molecule has 2 atom stereocenters. The number of hydrogen-bond donors (Lipinski definition) is 4. The molecule has 2 unspecified atom stereocenters. The first-order valence-corrected chi connectivity index (χ1v) is 18.5. The Morgan fingerprint density at radius 2 is 1.90 bits per heavy atom. The van der Waals surface area contributed by atoms with Gasteiger partial charge in [-0.2, -0.15) is 0 Å². The molecule has 1 aliphatic heterocycles. The van der Waals surface area contributed by atoms with Gasteiger partial charge in [0, 0.05) is 48.7 Å². The van der Waals surface area contributed by atoms with Gasteiger partial charge < -0.3 is 26.0 Å². The van der Waals surface area contributed by atoms with Gasteiger partial charge in [-0.25, -0.2) is 18.6 Å². The molecule has 4 N–H and O–H groups in total. The fourth-order valence-electron chi connectivity index (χ4n) is 6.20. The smallest absolute Gasteiger partial charge is 0.319 e. The first-order valence-electron chi connectivity index (χ1n) is 17.7. The second-order valence-corrected chi connectivity index (χ2v) is 14.1. The lowest BCUT2D eigenvalue weighted by Gasteiger charge is -2.21. The molecular formula is C38H50FN6O3S+. The maximum atomic E-state index is 15.0. The molecule has 1 fully saturated rings. The minimum atomic E-state index is -0.568. The summed E-state index contributed by atoms with van der Waals surface area (Å²) in [6.45, 7) is 12.1. The second kappa shape index (κ2) is 17.4. The molecule has 1 saturated carbocycles. The van der Waals surface area contributed by atoms with Crippen LogP contribution < -0.4 is 26.0 Å². The van der Waals surface area contributed by atoms with E-state index in [2.05, 4.69) is 59.0 Å². The van der Waals surface area contributed by atoms with Crippen molar-refractivity contribution in [3.8, 4) is 11.5 Å². The van der Waals surface area contributed by atoms with E-state index in [0.717, 1.165) is 91.5 Å². The number of ether oxygens (including phenoxy) is 1. The molecule has 0 spiro atoms. The zero-order valence-electron chi connectivity index (χ0n) is 28.9. The van der Waals surface area contributed by atoms with Crippen molar-refractivity contribution in [2.45, 2.75) is 97.1 Å². The summed E-state index contributed by atoms with van der Waals surface area (Å²) in [6.07, 6.45) is 16.6. The van der Waals surface area contributed by atoms with Gasteiger partial charge in [0.1, 0.15) is 17.3 Å². The Morgan fingerprint density at radius 1 is 1.06 bits per heavy atom. The summed E-state index contributed by atoms with van der Waals surface area (Å²) in [5, 5.41) is 11.5. The number of nitrogens with zero attached hydrogens (tertiary/aromatic N) is 2. The molecule has 1 aliphatic carbocycles. The highest BCUT2D eigenvalue weighted by Crippen LogP contribution is 2.39. The zero-order valence-corrected chi connectivity index (χ0v) is 29.8. The van der Waals surface area contributed by atoms with Gasteiger partial charge in [-0.1, -0.05) is 45.6 Å².